The number of aromatic nitrogens is 3. The molecule has 3 rings (SSSR count). The summed E-state index contributed by atoms with van der Waals surface area (Å²) in [5.41, 5.74) is 2.46. The summed E-state index contributed by atoms with van der Waals surface area (Å²) in [5.74, 6) is 0.615. The van der Waals surface area contributed by atoms with Crippen LogP contribution >= 0.6 is 0 Å². The van der Waals surface area contributed by atoms with E-state index in [1.165, 1.54) is 37.7 Å². The molecule has 2 aromatic rings. The minimum Gasteiger partial charge on any atom is -0.298 e. The normalized spacial score (nSPS) is 17.4. The van der Waals surface area contributed by atoms with Crippen molar-refractivity contribution in [3.05, 3.63) is 29.7 Å². The molecule has 17 heavy (non-hydrogen) atoms. The topological polar surface area (TPSA) is 47.3 Å². The number of hydrogen-bond donors (Lipinski definition) is 0. The van der Waals surface area contributed by atoms with E-state index in [9.17, 15) is 4.79 Å². The van der Waals surface area contributed by atoms with Crippen LogP contribution in [0.2, 0.25) is 0 Å². The van der Waals surface area contributed by atoms with Gasteiger partial charge >= 0.3 is 0 Å². The molecule has 2 aromatic heterocycles. The first-order valence-corrected chi connectivity index (χ1v) is 6.17. The molecule has 0 unspecified atom stereocenters. The van der Waals surface area contributed by atoms with Crippen LogP contribution in [0.3, 0.4) is 0 Å². The molecule has 0 radical (unpaired) electrons. The fraction of sp³-hybridized carbons (Fsp3) is 0.462. The molecule has 0 aromatic carbocycles. The Morgan fingerprint density at radius 2 is 2.06 bits per heavy atom. The zero-order chi connectivity index (χ0) is 11.7. The first-order chi connectivity index (χ1) is 8.38. The van der Waals surface area contributed by atoms with Crippen LogP contribution in [-0.4, -0.2) is 20.9 Å². The Hall–Kier alpha value is -1.71. The second-order valence-electron chi connectivity index (χ2n) is 4.71. The highest BCUT2D eigenvalue weighted by molar-refractivity contribution is 5.83. The van der Waals surface area contributed by atoms with Gasteiger partial charge in [0.2, 0.25) is 0 Å². The van der Waals surface area contributed by atoms with Crippen molar-refractivity contribution in [1.29, 1.82) is 0 Å². The van der Waals surface area contributed by atoms with Gasteiger partial charge in [-0.05, 0) is 24.3 Å². The van der Waals surface area contributed by atoms with Crippen molar-refractivity contribution < 1.29 is 4.79 Å². The van der Waals surface area contributed by atoms with Gasteiger partial charge < -0.3 is 0 Å². The lowest BCUT2D eigenvalue weighted by Crippen LogP contribution is -2.06. The van der Waals surface area contributed by atoms with Gasteiger partial charge in [-0.3, -0.25) is 4.79 Å². The van der Waals surface area contributed by atoms with Crippen molar-refractivity contribution in [3.8, 4) is 0 Å². The molecule has 0 spiro atoms. The van der Waals surface area contributed by atoms with Gasteiger partial charge in [0.05, 0.1) is 11.8 Å². The minimum absolute atomic E-state index is 0.556. The predicted octanol–water partition coefficient (Wildman–Crippen LogP) is 2.59. The number of fused-ring (bicyclic) bond motifs is 1. The predicted molar refractivity (Wildman–Crippen MR) is 64.2 cm³/mol. The molecule has 0 saturated heterocycles. The monoisotopic (exact) mass is 229 g/mol. The van der Waals surface area contributed by atoms with E-state index >= 15 is 0 Å². The second kappa shape index (κ2) is 4.28. The van der Waals surface area contributed by atoms with Crippen molar-refractivity contribution in [2.24, 2.45) is 0 Å². The van der Waals surface area contributed by atoms with Crippen molar-refractivity contribution in [2.45, 2.75) is 38.0 Å². The average Bonchev–Trinajstić information content (AvgIpc) is 2.81. The first-order valence-electron chi connectivity index (χ1n) is 6.17. The summed E-state index contributed by atoms with van der Waals surface area (Å²) >= 11 is 0. The summed E-state index contributed by atoms with van der Waals surface area (Å²) in [6.45, 7) is 0. The number of aldehydes is 1. The maximum absolute atomic E-state index is 10.8. The molecule has 0 atom stereocenters. The molecule has 88 valence electrons. The van der Waals surface area contributed by atoms with Crippen LogP contribution in [0.5, 0.6) is 0 Å². The van der Waals surface area contributed by atoms with E-state index in [1.54, 1.807) is 10.7 Å². The lowest BCUT2D eigenvalue weighted by Gasteiger charge is -2.21. The second-order valence-corrected chi connectivity index (χ2v) is 4.71. The van der Waals surface area contributed by atoms with Gasteiger partial charge in [0, 0.05) is 12.4 Å². The largest absolute Gasteiger partial charge is 0.298 e. The third-order valence-corrected chi connectivity index (χ3v) is 3.61. The number of carbonyl (C=O) groups excluding carboxylic acids is 1. The van der Waals surface area contributed by atoms with Crippen LogP contribution in [0.1, 0.15) is 53.9 Å². The molecule has 1 saturated carbocycles. The van der Waals surface area contributed by atoms with Crippen LogP contribution in [-0.2, 0) is 0 Å². The summed E-state index contributed by atoms with van der Waals surface area (Å²) in [4.78, 5) is 15.1. The van der Waals surface area contributed by atoms with Crippen molar-refractivity contribution in [1.82, 2.24) is 14.6 Å². The molecule has 0 N–H and O–H groups in total. The van der Waals surface area contributed by atoms with E-state index in [0.717, 1.165) is 6.29 Å². The number of rotatable bonds is 2. The van der Waals surface area contributed by atoms with E-state index in [4.69, 9.17) is 0 Å². The number of carbonyl (C=O) groups is 1. The maximum atomic E-state index is 10.8. The Bertz CT molecular complexity index is 541. The maximum Gasteiger partial charge on any atom is 0.165 e. The highest BCUT2D eigenvalue weighted by atomic mass is 16.1. The lowest BCUT2D eigenvalue weighted by atomic mass is 9.85. The fourth-order valence-corrected chi connectivity index (χ4v) is 2.64. The third kappa shape index (κ3) is 1.84. The van der Waals surface area contributed by atoms with Gasteiger partial charge in [0.25, 0.3) is 0 Å². The highest BCUT2D eigenvalue weighted by Crippen LogP contribution is 2.32. The molecule has 4 nitrogen and oxygen atoms in total. The molecule has 1 fully saturated rings. The smallest absolute Gasteiger partial charge is 0.165 e. The number of nitrogens with zero attached hydrogens (tertiary/aromatic N) is 3. The standard InChI is InChI=1S/C13H15N3O/c17-9-12-7-15-16-8-11(6-14-13(12)16)10-4-2-1-3-5-10/h6-10H,1-5H2. The van der Waals surface area contributed by atoms with Gasteiger partial charge in [-0.1, -0.05) is 19.3 Å². The molecule has 0 amide bonds. The van der Waals surface area contributed by atoms with Gasteiger partial charge in [-0.25, -0.2) is 9.50 Å². The fourth-order valence-electron chi connectivity index (χ4n) is 2.64. The zero-order valence-electron chi connectivity index (χ0n) is 9.67. The van der Waals surface area contributed by atoms with Crippen LogP contribution < -0.4 is 0 Å². The third-order valence-electron chi connectivity index (χ3n) is 3.61. The van der Waals surface area contributed by atoms with E-state index < -0.39 is 0 Å². The van der Waals surface area contributed by atoms with Crippen LogP contribution in [0.4, 0.5) is 0 Å². The Balaban J connectivity index is 1.98. The summed E-state index contributed by atoms with van der Waals surface area (Å²) in [5, 5.41) is 4.17. The minimum atomic E-state index is 0.556. The van der Waals surface area contributed by atoms with Crippen LogP contribution in [0.25, 0.3) is 5.65 Å². The van der Waals surface area contributed by atoms with Gasteiger partial charge in [0.1, 0.15) is 0 Å². The van der Waals surface area contributed by atoms with Crippen molar-refractivity contribution in [3.63, 3.8) is 0 Å². The Morgan fingerprint density at radius 1 is 1.24 bits per heavy atom. The summed E-state index contributed by atoms with van der Waals surface area (Å²) in [6, 6.07) is 0. The Morgan fingerprint density at radius 3 is 2.82 bits per heavy atom. The molecule has 2 heterocycles. The van der Waals surface area contributed by atoms with Gasteiger partial charge in [0.15, 0.2) is 11.9 Å². The summed E-state index contributed by atoms with van der Waals surface area (Å²) in [7, 11) is 0. The average molecular weight is 229 g/mol. The van der Waals surface area contributed by atoms with E-state index in [1.807, 2.05) is 12.4 Å². The molecule has 0 aliphatic heterocycles. The lowest BCUT2D eigenvalue weighted by molar-refractivity contribution is 0.112. The summed E-state index contributed by atoms with van der Waals surface area (Å²) < 4.78 is 1.72. The van der Waals surface area contributed by atoms with Gasteiger partial charge in [-0.2, -0.15) is 5.10 Å². The molecular weight excluding hydrogens is 214 g/mol. The van der Waals surface area contributed by atoms with Crippen LogP contribution in [0, 0.1) is 0 Å². The van der Waals surface area contributed by atoms with Crippen molar-refractivity contribution in [2.75, 3.05) is 0 Å². The zero-order valence-corrected chi connectivity index (χ0v) is 9.67. The van der Waals surface area contributed by atoms with E-state index in [-0.39, 0.29) is 0 Å². The van der Waals surface area contributed by atoms with E-state index in [0.29, 0.717) is 17.1 Å². The molecule has 1 aliphatic carbocycles. The van der Waals surface area contributed by atoms with E-state index in [2.05, 4.69) is 10.1 Å². The van der Waals surface area contributed by atoms with Crippen molar-refractivity contribution >= 4 is 11.9 Å². The van der Waals surface area contributed by atoms with Gasteiger partial charge in [-0.15, -0.1) is 0 Å². The SMILES string of the molecule is O=Cc1cnn2cc(C3CCCCC3)cnc12. The molecule has 4 heteroatoms. The Labute approximate surface area is 99.7 Å². The number of hydrogen-bond acceptors (Lipinski definition) is 3. The highest BCUT2D eigenvalue weighted by Gasteiger charge is 2.17. The first kappa shape index (κ1) is 10.4. The quantitative estimate of drug-likeness (QED) is 0.743. The molecule has 0 bridgehead atoms. The van der Waals surface area contributed by atoms with Crippen LogP contribution in [0.15, 0.2) is 18.6 Å². The summed E-state index contributed by atoms with van der Waals surface area (Å²) in [6.07, 6.45) is 12.7. The molecular formula is C13H15N3O. The Kier molecular flexibility index (Phi) is 2.63. The molecule has 1 aliphatic rings.